The number of rotatable bonds is 7. The average Bonchev–Trinajstić information content (AvgIpc) is 3.23. The third-order valence-corrected chi connectivity index (χ3v) is 7.47. The topological polar surface area (TPSA) is 101 Å². The van der Waals surface area contributed by atoms with Gasteiger partial charge in [0.15, 0.2) is 11.6 Å². The molecular formula is C27H30FN5O4. The number of para-hydroxylation sites is 1. The number of carbonyl (C=O) groups excluding carboxylic acids is 1. The molecule has 2 aliphatic heterocycles. The van der Waals surface area contributed by atoms with Gasteiger partial charge in [0.05, 0.1) is 42.5 Å². The minimum absolute atomic E-state index is 0.0562. The van der Waals surface area contributed by atoms with Gasteiger partial charge in [-0.3, -0.25) is 9.78 Å². The van der Waals surface area contributed by atoms with Crippen LogP contribution in [0, 0.1) is 5.82 Å². The van der Waals surface area contributed by atoms with Crippen LogP contribution in [0.1, 0.15) is 34.8 Å². The number of methoxy groups -OCH3 is 1. The Bertz CT molecular complexity index is 1330. The molecule has 4 heterocycles. The second kappa shape index (κ2) is 9.68. The third kappa shape index (κ3) is 4.30. The molecule has 1 aromatic carbocycles. The summed E-state index contributed by atoms with van der Waals surface area (Å²) in [5.74, 6) is 0.191. The first kappa shape index (κ1) is 23.7. The molecule has 9 nitrogen and oxygen atoms in total. The lowest BCUT2D eigenvalue weighted by Gasteiger charge is -2.40. The van der Waals surface area contributed by atoms with Crippen LogP contribution in [-0.2, 0) is 4.74 Å². The quantitative estimate of drug-likeness (QED) is 0.449. The Morgan fingerprint density at radius 1 is 1.30 bits per heavy atom. The van der Waals surface area contributed by atoms with Gasteiger partial charge in [-0.05, 0) is 38.1 Å². The van der Waals surface area contributed by atoms with Crippen LogP contribution < -0.4 is 20.1 Å². The molecule has 3 aromatic rings. The number of morpholine rings is 1. The zero-order chi connectivity index (χ0) is 25.5. The molecule has 3 aliphatic rings. The van der Waals surface area contributed by atoms with Crippen molar-refractivity contribution in [3.63, 3.8) is 0 Å². The van der Waals surface area contributed by atoms with Crippen molar-refractivity contribution in [1.82, 2.24) is 20.2 Å². The molecule has 2 fully saturated rings. The Labute approximate surface area is 214 Å². The van der Waals surface area contributed by atoms with E-state index in [2.05, 4.69) is 32.5 Å². The molecule has 194 valence electrons. The lowest BCUT2D eigenvalue weighted by Crippen LogP contribution is -2.49. The molecule has 37 heavy (non-hydrogen) atoms. The number of anilines is 2. The van der Waals surface area contributed by atoms with Gasteiger partial charge in [0.2, 0.25) is 0 Å². The maximum Gasteiger partial charge on any atom is 0.255 e. The number of benzene rings is 1. The number of aromatic nitrogens is 2. The second-order valence-corrected chi connectivity index (χ2v) is 9.81. The number of halogens is 1. The van der Waals surface area contributed by atoms with Crippen molar-refractivity contribution in [3.8, 4) is 22.8 Å². The van der Waals surface area contributed by atoms with E-state index in [1.165, 1.54) is 13.2 Å². The minimum Gasteiger partial charge on any atom is -0.492 e. The van der Waals surface area contributed by atoms with Gasteiger partial charge < -0.3 is 34.7 Å². The van der Waals surface area contributed by atoms with Gasteiger partial charge in [0.25, 0.3) is 5.91 Å². The number of nitrogens with zero attached hydrogens (tertiary/aromatic N) is 2. The van der Waals surface area contributed by atoms with E-state index in [4.69, 9.17) is 14.2 Å². The Balaban J connectivity index is 1.41. The van der Waals surface area contributed by atoms with E-state index >= 15 is 0 Å². The molecule has 0 bridgehead atoms. The molecule has 1 saturated carbocycles. The first-order valence-electron chi connectivity index (χ1n) is 12.6. The number of nitrogens with one attached hydrogen (secondary N) is 3. The van der Waals surface area contributed by atoms with Crippen LogP contribution in [0.5, 0.6) is 11.5 Å². The summed E-state index contributed by atoms with van der Waals surface area (Å²) in [7, 11) is 3.48. The number of amides is 1. The van der Waals surface area contributed by atoms with Gasteiger partial charge in [-0.2, -0.15) is 0 Å². The molecule has 1 aliphatic carbocycles. The number of ether oxygens (including phenoxy) is 3. The van der Waals surface area contributed by atoms with E-state index in [1.54, 1.807) is 24.5 Å². The van der Waals surface area contributed by atoms with Crippen LogP contribution >= 0.6 is 0 Å². The summed E-state index contributed by atoms with van der Waals surface area (Å²) in [4.78, 5) is 23.3. The highest BCUT2D eigenvalue weighted by molar-refractivity contribution is 6.07. The van der Waals surface area contributed by atoms with Crippen molar-refractivity contribution >= 4 is 17.3 Å². The van der Waals surface area contributed by atoms with Gasteiger partial charge in [0.1, 0.15) is 18.5 Å². The first-order chi connectivity index (χ1) is 18.0. The van der Waals surface area contributed by atoms with Gasteiger partial charge in [-0.25, -0.2) is 4.39 Å². The second-order valence-electron chi connectivity index (χ2n) is 9.81. The predicted molar refractivity (Wildman–Crippen MR) is 136 cm³/mol. The molecule has 10 heteroatoms. The maximum atomic E-state index is 14.5. The van der Waals surface area contributed by atoms with Crippen LogP contribution in [0.3, 0.4) is 0 Å². The van der Waals surface area contributed by atoms with Gasteiger partial charge in [-0.15, -0.1) is 0 Å². The van der Waals surface area contributed by atoms with Crippen molar-refractivity contribution in [2.75, 3.05) is 45.8 Å². The summed E-state index contributed by atoms with van der Waals surface area (Å²) in [6, 6.07) is 6.63. The average molecular weight is 508 g/mol. The van der Waals surface area contributed by atoms with E-state index in [1.807, 2.05) is 6.07 Å². The standard InChI is InChI=1S/C27H30FN5O4/c1-33-10-11-36-15(13-33)14-37-21-12-29-9-8-17(21)24-25(30-20-5-3-4-18(28)26(20)35-2)22-23(32-24)16-6-7-19(16)31-27(22)34/h3-5,8-9,12,15-16,19,30,32H,6-7,10-11,13-14H2,1-2H3,(H,31,34)/t15-,16-,19+/m1/s1. The van der Waals surface area contributed by atoms with E-state index in [-0.39, 0.29) is 29.7 Å². The van der Waals surface area contributed by atoms with E-state index in [0.717, 1.165) is 37.2 Å². The molecule has 2 aromatic heterocycles. The van der Waals surface area contributed by atoms with Crippen LogP contribution in [0.2, 0.25) is 0 Å². The summed E-state index contributed by atoms with van der Waals surface area (Å²) < 4.78 is 31.9. The molecule has 1 amide bonds. The van der Waals surface area contributed by atoms with Gasteiger partial charge in [-0.1, -0.05) is 6.07 Å². The molecule has 3 atom stereocenters. The fourth-order valence-corrected chi connectivity index (χ4v) is 5.42. The summed E-state index contributed by atoms with van der Waals surface area (Å²) in [5.41, 5.74) is 3.80. The van der Waals surface area contributed by atoms with Crippen molar-refractivity contribution in [2.45, 2.75) is 30.9 Å². The Morgan fingerprint density at radius 3 is 2.97 bits per heavy atom. The third-order valence-electron chi connectivity index (χ3n) is 7.47. The van der Waals surface area contributed by atoms with Crippen molar-refractivity contribution in [3.05, 3.63) is 53.7 Å². The summed E-state index contributed by atoms with van der Waals surface area (Å²) in [6.07, 6.45) is 5.22. The highest BCUT2D eigenvalue weighted by Gasteiger charge is 2.43. The summed E-state index contributed by atoms with van der Waals surface area (Å²) in [5, 5.41) is 6.42. The normalized spacial score (nSPS) is 22.9. The SMILES string of the molecule is COc1c(F)cccc1Nc1c(-c2ccncc2OC[C@H]2CN(C)CCO2)[nH]c2c1C(=O)N[C@H]1CC[C@@H]21. The molecule has 0 spiro atoms. The predicted octanol–water partition coefficient (Wildman–Crippen LogP) is 3.67. The highest BCUT2D eigenvalue weighted by atomic mass is 19.1. The first-order valence-corrected chi connectivity index (χ1v) is 12.6. The number of fused-ring (bicyclic) bond motifs is 3. The lowest BCUT2D eigenvalue weighted by atomic mass is 9.74. The molecule has 1 saturated heterocycles. The monoisotopic (exact) mass is 507 g/mol. The Kier molecular flexibility index (Phi) is 6.21. The zero-order valence-electron chi connectivity index (χ0n) is 20.8. The highest BCUT2D eigenvalue weighted by Crippen LogP contribution is 2.48. The van der Waals surface area contributed by atoms with E-state index in [0.29, 0.717) is 41.6 Å². The Morgan fingerprint density at radius 2 is 2.19 bits per heavy atom. The number of hydrogen-bond donors (Lipinski definition) is 3. The fourth-order valence-electron chi connectivity index (χ4n) is 5.42. The van der Waals surface area contributed by atoms with Gasteiger partial charge >= 0.3 is 0 Å². The number of pyridine rings is 1. The molecule has 6 rings (SSSR count). The van der Waals surface area contributed by atoms with E-state index in [9.17, 15) is 9.18 Å². The minimum atomic E-state index is -0.493. The molecule has 0 radical (unpaired) electrons. The largest absolute Gasteiger partial charge is 0.492 e. The van der Waals surface area contributed by atoms with Crippen molar-refractivity contribution < 1.29 is 23.4 Å². The number of aromatic amines is 1. The van der Waals surface area contributed by atoms with E-state index < -0.39 is 5.82 Å². The van der Waals surface area contributed by atoms with Crippen molar-refractivity contribution in [1.29, 1.82) is 0 Å². The van der Waals surface area contributed by atoms with Crippen LogP contribution in [-0.4, -0.2) is 73.4 Å². The Hall–Kier alpha value is -3.63. The lowest BCUT2D eigenvalue weighted by molar-refractivity contribution is -0.0403. The van der Waals surface area contributed by atoms with Crippen LogP contribution in [0.15, 0.2) is 36.7 Å². The zero-order valence-corrected chi connectivity index (χ0v) is 20.8. The molecular weight excluding hydrogens is 477 g/mol. The summed E-state index contributed by atoms with van der Waals surface area (Å²) in [6.45, 7) is 2.71. The maximum absolute atomic E-state index is 14.5. The van der Waals surface area contributed by atoms with Gasteiger partial charge in [0, 0.05) is 42.5 Å². The number of H-pyrrole nitrogens is 1. The smallest absolute Gasteiger partial charge is 0.255 e. The van der Waals surface area contributed by atoms with Crippen LogP contribution in [0.25, 0.3) is 11.3 Å². The molecule has 3 N–H and O–H groups in total. The number of hydrogen-bond acceptors (Lipinski definition) is 7. The van der Waals surface area contributed by atoms with Crippen molar-refractivity contribution in [2.24, 2.45) is 0 Å². The number of carbonyl (C=O) groups is 1. The molecule has 0 unspecified atom stereocenters. The van der Waals surface area contributed by atoms with Crippen LogP contribution in [0.4, 0.5) is 15.8 Å². The summed E-state index contributed by atoms with van der Waals surface area (Å²) >= 11 is 0. The fraction of sp³-hybridized carbons (Fsp3) is 0.407. The number of likely N-dealkylation sites (N-methyl/N-ethyl adjacent to an activating group) is 1.